The highest BCUT2D eigenvalue weighted by atomic mass is 16.3. The Hall–Kier alpha value is -2.30. The summed E-state index contributed by atoms with van der Waals surface area (Å²) in [5, 5.41) is 23.5. The van der Waals surface area contributed by atoms with Gasteiger partial charge in [-0.1, -0.05) is 27.7 Å². The molecule has 0 spiro atoms. The number of rotatable bonds is 3. The van der Waals surface area contributed by atoms with Crippen LogP contribution in [0.15, 0.2) is 45.5 Å². The van der Waals surface area contributed by atoms with Crippen LogP contribution in [0.2, 0.25) is 0 Å². The largest absolute Gasteiger partial charge is 0.875 e. The first kappa shape index (κ1) is 18.5. The molecule has 5 heteroatoms. The number of hydrogen-bond donors (Lipinski definition) is 1. The van der Waals surface area contributed by atoms with E-state index in [4.69, 9.17) is 4.42 Å². The highest BCUT2D eigenvalue weighted by Gasteiger charge is 2.42. The van der Waals surface area contributed by atoms with E-state index in [1.54, 1.807) is 12.1 Å². The number of Topliss-reactive ketones (excluding diaryl/α,β-unsaturated/α-hetero) is 2. The van der Waals surface area contributed by atoms with Gasteiger partial charge in [-0.2, -0.15) is 0 Å². The third-order valence-corrected chi connectivity index (χ3v) is 5.18. The van der Waals surface area contributed by atoms with Gasteiger partial charge in [-0.3, -0.25) is 9.59 Å². The van der Waals surface area contributed by atoms with Gasteiger partial charge in [-0.15, -0.1) is 5.76 Å². The predicted octanol–water partition coefficient (Wildman–Crippen LogP) is 3.57. The second kappa shape index (κ2) is 6.15. The van der Waals surface area contributed by atoms with Crippen molar-refractivity contribution in [2.75, 3.05) is 0 Å². The van der Waals surface area contributed by atoms with Crippen molar-refractivity contribution in [3.05, 3.63) is 46.8 Å². The number of carbonyl (C=O) groups is 2. The zero-order valence-electron chi connectivity index (χ0n) is 15.7. The molecular formula is C21H25O5-. The molecule has 0 bridgehead atoms. The molecule has 26 heavy (non-hydrogen) atoms. The van der Waals surface area contributed by atoms with Crippen molar-refractivity contribution >= 4 is 11.6 Å². The maximum atomic E-state index is 12.8. The molecule has 0 aliphatic heterocycles. The van der Waals surface area contributed by atoms with Crippen LogP contribution >= 0.6 is 0 Å². The summed E-state index contributed by atoms with van der Waals surface area (Å²) < 4.78 is 5.48. The van der Waals surface area contributed by atoms with E-state index < -0.39 is 11.3 Å². The van der Waals surface area contributed by atoms with E-state index in [0.29, 0.717) is 12.2 Å². The Balaban J connectivity index is 2.18. The van der Waals surface area contributed by atoms with Crippen molar-refractivity contribution in [1.29, 1.82) is 0 Å². The van der Waals surface area contributed by atoms with Crippen LogP contribution in [0.5, 0.6) is 0 Å². The van der Waals surface area contributed by atoms with E-state index in [1.807, 2.05) is 27.7 Å². The summed E-state index contributed by atoms with van der Waals surface area (Å²) in [5.74, 6) is -1.42. The molecule has 1 unspecified atom stereocenters. The van der Waals surface area contributed by atoms with Crippen molar-refractivity contribution in [3.63, 3.8) is 0 Å². The maximum absolute atomic E-state index is 12.8. The molecule has 1 aromatic rings. The summed E-state index contributed by atoms with van der Waals surface area (Å²) in [6.45, 7) is 7.58. The van der Waals surface area contributed by atoms with Crippen molar-refractivity contribution < 1.29 is 24.2 Å². The molecule has 0 radical (unpaired) electrons. The molecule has 1 heterocycles. The van der Waals surface area contributed by atoms with Gasteiger partial charge in [-0.25, -0.2) is 0 Å². The topological polar surface area (TPSA) is 90.6 Å². The lowest BCUT2D eigenvalue weighted by atomic mass is 9.68. The van der Waals surface area contributed by atoms with Crippen LogP contribution in [0.4, 0.5) is 0 Å². The Morgan fingerprint density at radius 3 is 2.08 bits per heavy atom. The molecule has 5 nitrogen and oxygen atoms in total. The van der Waals surface area contributed by atoms with Crippen LogP contribution in [0.3, 0.4) is 0 Å². The van der Waals surface area contributed by atoms with E-state index in [9.17, 15) is 19.8 Å². The first-order valence-electron chi connectivity index (χ1n) is 8.93. The predicted molar refractivity (Wildman–Crippen MR) is 94.2 cm³/mol. The molecule has 0 saturated heterocycles. The molecule has 140 valence electrons. The van der Waals surface area contributed by atoms with Crippen molar-refractivity contribution in [2.24, 2.45) is 10.8 Å². The zero-order valence-corrected chi connectivity index (χ0v) is 15.7. The Bertz CT molecular complexity index is 753. The third kappa shape index (κ3) is 3.35. The van der Waals surface area contributed by atoms with Crippen LogP contribution in [-0.2, 0) is 9.59 Å². The van der Waals surface area contributed by atoms with Gasteiger partial charge >= 0.3 is 0 Å². The average molecular weight is 357 g/mol. The molecule has 3 rings (SSSR count). The van der Waals surface area contributed by atoms with Gasteiger partial charge in [0, 0.05) is 24.8 Å². The first-order chi connectivity index (χ1) is 12.0. The molecule has 0 aromatic carbocycles. The Labute approximate surface area is 153 Å². The maximum Gasteiger partial charge on any atom is 0.163 e. The fourth-order valence-electron chi connectivity index (χ4n) is 4.11. The minimum atomic E-state index is -0.926. The van der Waals surface area contributed by atoms with Crippen molar-refractivity contribution in [2.45, 2.75) is 59.3 Å². The molecule has 0 fully saturated rings. The smallest absolute Gasteiger partial charge is 0.163 e. The van der Waals surface area contributed by atoms with Crippen LogP contribution in [0, 0.1) is 10.8 Å². The Morgan fingerprint density at radius 2 is 1.58 bits per heavy atom. The molecule has 1 atom stereocenters. The minimum Gasteiger partial charge on any atom is -0.875 e. The van der Waals surface area contributed by atoms with Gasteiger partial charge in [0.25, 0.3) is 0 Å². The van der Waals surface area contributed by atoms with Crippen LogP contribution in [-0.4, -0.2) is 16.7 Å². The number of allylic oxidation sites excluding steroid dienone is 4. The lowest BCUT2D eigenvalue weighted by Crippen LogP contribution is -2.35. The van der Waals surface area contributed by atoms with Crippen molar-refractivity contribution in [3.8, 4) is 0 Å². The van der Waals surface area contributed by atoms with Crippen LogP contribution < -0.4 is 5.11 Å². The number of aliphatic hydroxyl groups is 1. The second-order valence-electron chi connectivity index (χ2n) is 9.03. The number of aliphatic hydroxyl groups excluding tert-OH is 1. The van der Waals surface area contributed by atoms with E-state index in [-0.39, 0.29) is 58.9 Å². The van der Waals surface area contributed by atoms with E-state index >= 15 is 0 Å². The van der Waals surface area contributed by atoms with E-state index in [2.05, 4.69) is 0 Å². The Morgan fingerprint density at radius 1 is 1.00 bits per heavy atom. The summed E-state index contributed by atoms with van der Waals surface area (Å²) in [7, 11) is 0. The minimum absolute atomic E-state index is 0.0504. The molecule has 2 aliphatic carbocycles. The molecule has 1 aromatic heterocycles. The van der Waals surface area contributed by atoms with Gasteiger partial charge in [0.1, 0.15) is 11.5 Å². The monoisotopic (exact) mass is 357 g/mol. The summed E-state index contributed by atoms with van der Waals surface area (Å²) in [4.78, 5) is 25.7. The van der Waals surface area contributed by atoms with Gasteiger partial charge in [0.15, 0.2) is 11.6 Å². The van der Waals surface area contributed by atoms with Crippen LogP contribution in [0.1, 0.15) is 65.1 Å². The third-order valence-electron chi connectivity index (χ3n) is 5.18. The van der Waals surface area contributed by atoms with Gasteiger partial charge in [0.05, 0.1) is 12.2 Å². The zero-order chi connectivity index (χ0) is 19.3. The summed E-state index contributed by atoms with van der Waals surface area (Å²) in [6.07, 6.45) is 2.49. The number of carbonyl (C=O) groups excluding carboxylic acids is 2. The van der Waals surface area contributed by atoms with Crippen molar-refractivity contribution in [1.82, 2.24) is 0 Å². The average Bonchev–Trinajstić information content (AvgIpc) is 2.95. The number of furan rings is 1. The van der Waals surface area contributed by atoms with Crippen LogP contribution in [0.25, 0.3) is 0 Å². The summed E-state index contributed by atoms with van der Waals surface area (Å²) in [5.41, 5.74) is -0.559. The normalized spacial score (nSPS) is 24.2. The first-order valence-corrected chi connectivity index (χ1v) is 8.93. The lowest BCUT2D eigenvalue weighted by Gasteiger charge is -2.39. The fraction of sp³-hybridized carbons (Fsp3) is 0.524. The highest BCUT2D eigenvalue weighted by Crippen LogP contribution is 2.47. The highest BCUT2D eigenvalue weighted by molar-refractivity contribution is 6.05. The molecule has 1 N–H and O–H groups in total. The molecule has 0 saturated carbocycles. The number of ketones is 2. The molecule has 2 aliphatic rings. The second-order valence-corrected chi connectivity index (χ2v) is 9.03. The van der Waals surface area contributed by atoms with Gasteiger partial charge in [0.2, 0.25) is 0 Å². The number of hydrogen-bond acceptors (Lipinski definition) is 5. The van der Waals surface area contributed by atoms with E-state index in [1.165, 1.54) is 6.26 Å². The Kier molecular flexibility index (Phi) is 4.37. The summed E-state index contributed by atoms with van der Waals surface area (Å²) >= 11 is 0. The SMILES string of the molecule is CC1(C)CC(=O)C(C(C2=C(O)CC(C)(C)CC2=O)c2ccco2)=C([O-])C1. The van der Waals surface area contributed by atoms with Gasteiger partial charge < -0.3 is 14.6 Å². The fourth-order valence-corrected chi connectivity index (χ4v) is 4.11. The lowest BCUT2D eigenvalue weighted by molar-refractivity contribution is -0.312. The standard InChI is InChI=1S/C21H26O5/c1-20(2)8-12(22)17(13(23)9-20)19(16-6-5-7-26-16)18-14(24)10-21(3,4)11-15(18)25/h5-7,19,22,24H,8-11H2,1-4H3/p-1. The van der Waals surface area contributed by atoms with E-state index in [0.717, 1.165) is 0 Å². The molecular weight excluding hydrogens is 332 g/mol. The van der Waals surface area contributed by atoms with Gasteiger partial charge in [-0.05, 0) is 35.0 Å². The summed E-state index contributed by atoms with van der Waals surface area (Å²) in [6, 6.07) is 3.30. The molecule has 0 amide bonds. The quantitative estimate of drug-likeness (QED) is 0.893.